The molecule has 1 aromatic heterocycles. The molecule has 0 amide bonds. The number of rotatable bonds is 4. The van der Waals surface area contributed by atoms with E-state index in [-0.39, 0.29) is 4.90 Å². The zero-order valence-electron chi connectivity index (χ0n) is 9.39. The zero-order chi connectivity index (χ0) is 12.3. The highest BCUT2D eigenvalue weighted by atomic mass is 32.2. The number of hydrogen-bond acceptors (Lipinski definition) is 5. The molecule has 0 spiro atoms. The summed E-state index contributed by atoms with van der Waals surface area (Å²) in [4.78, 5) is 4.04. The van der Waals surface area contributed by atoms with Gasteiger partial charge in [-0.2, -0.15) is 0 Å². The number of nitrogens with two attached hydrogens (primary N) is 1. The number of pyridine rings is 1. The molecule has 1 fully saturated rings. The third kappa shape index (κ3) is 3.39. The number of nitrogens with one attached hydrogen (secondary N) is 2. The van der Waals surface area contributed by atoms with E-state index in [1.165, 1.54) is 18.7 Å². The number of sulfonamides is 1. The van der Waals surface area contributed by atoms with Gasteiger partial charge in [0.1, 0.15) is 10.7 Å². The lowest BCUT2D eigenvalue weighted by Crippen LogP contribution is -2.29. The third-order valence-electron chi connectivity index (χ3n) is 2.76. The normalized spacial score (nSPS) is 20.4. The van der Waals surface area contributed by atoms with E-state index >= 15 is 0 Å². The van der Waals surface area contributed by atoms with Gasteiger partial charge >= 0.3 is 0 Å². The predicted molar refractivity (Wildman–Crippen MR) is 65.1 cm³/mol. The molecule has 0 saturated carbocycles. The predicted octanol–water partition coefficient (Wildman–Crippen LogP) is -0.107. The number of primary sulfonamides is 1. The van der Waals surface area contributed by atoms with Crippen molar-refractivity contribution in [3.63, 3.8) is 0 Å². The summed E-state index contributed by atoms with van der Waals surface area (Å²) in [7, 11) is -3.65. The van der Waals surface area contributed by atoms with Crippen LogP contribution in [-0.4, -0.2) is 32.5 Å². The van der Waals surface area contributed by atoms with Crippen LogP contribution in [-0.2, 0) is 10.0 Å². The van der Waals surface area contributed by atoms with E-state index in [0.717, 1.165) is 19.5 Å². The van der Waals surface area contributed by atoms with Gasteiger partial charge in [0.2, 0.25) is 10.0 Å². The lowest BCUT2D eigenvalue weighted by molar-refractivity contribution is 0.597. The molecule has 7 heteroatoms. The molecule has 1 aliphatic heterocycles. The van der Waals surface area contributed by atoms with Crippen LogP contribution in [0.5, 0.6) is 0 Å². The van der Waals surface area contributed by atoms with Gasteiger partial charge in [-0.1, -0.05) is 0 Å². The second-order valence-corrected chi connectivity index (χ2v) is 5.66. The topological polar surface area (TPSA) is 97.1 Å². The molecular weight excluding hydrogens is 240 g/mol. The summed E-state index contributed by atoms with van der Waals surface area (Å²) in [6.07, 6.45) is 3.62. The Morgan fingerprint density at radius 2 is 2.35 bits per heavy atom. The Bertz CT molecular complexity index is 466. The van der Waals surface area contributed by atoms with Gasteiger partial charge in [-0.3, -0.25) is 0 Å². The minimum atomic E-state index is -3.65. The Kier molecular flexibility index (Phi) is 3.60. The quantitative estimate of drug-likeness (QED) is 0.698. The van der Waals surface area contributed by atoms with Crippen molar-refractivity contribution in [1.82, 2.24) is 10.3 Å². The number of hydrogen-bond donors (Lipinski definition) is 3. The summed E-state index contributed by atoms with van der Waals surface area (Å²) < 4.78 is 22.0. The van der Waals surface area contributed by atoms with E-state index < -0.39 is 10.0 Å². The molecule has 0 radical (unpaired) electrons. The summed E-state index contributed by atoms with van der Waals surface area (Å²) >= 11 is 0. The van der Waals surface area contributed by atoms with Crippen molar-refractivity contribution >= 4 is 15.8 Å². The van der Waals surface area contributed by atoms with Gasteiger partial charge < -0.3 is 10.6 Å². The van der Waals surface area contributed by atoms with E-state index in [1.54, 1.807) is 6.07 Å². The van der Waals surface area contributed by atoms with Gasteiger partial charge in [-0.25, -0.2) is 18.5 Å². The number of anilines is 1. The fourth-order valence-corrected chi connectivity index (χ4v) is 2.27. The van der Waals surface area contributed by atoms with Crippen LogP contribution in [0.1, 0.15) is 12.8 Å². The smallest absolute Gasteiger partial charge is 0.239 e. The second kappa shape index (κ2) is 4.99. The molecule has 1 atom stereocenters. The van der Waals surface area contributed by atoms with Crippen LogP contribution >= 0.6 is 0 Å². The van der Waals surface area contributed by atoms with Crippen molar-refractivity contribution in [1.29, 1.82) is 0 Å². The van der Waals surface area contributed by atoms with Crippen LogP contribution in [0.25, 0.3) is 0 Å². The van der Waals surface area contributed by atoms with Crippen molar-refractivity contribution in [2.75, 3.05) is 18.4 Å². The van der Waals surface area contributed by atoms with Crippen LogP contribution < -0.4 is 15.8 Å². The minimum Gasteiger partial charge on any atom is -0.369 e. The van der Waals surface area contributed by atoms with Gasteiger partial charge in [0.15, 0.2) is 0 Å². The van der Waals surface area contributed by atoms with Crippen molar-refractivity contribution in [2.24, 2.45) is 5.14 Å². The van der Waals surface area contributed by atoms with Gasteiger partial charge in [-0.05, 0) is 31.5 Å². The first kappa shape index (κ1) is 12.3. The molecule has 0 aromatic carbocycles. The molecule has 2 heterocycles. The van der Waals surface area contributed by atoms with Crippen LogP contribution in [0.15, 0.2) is 23.2 Å². The average molecular weight is 256 g/mol. The van der Waals surface area contributed by atoms with Gasteiger partial charge in [0.05, 0.1) is 0 Å². The molecule has 6 nitrogen and oxygen atoms in total. The molecule has 1 saturated heterocycles. The highest BCUT2D eigenvalue weighted by Gasteiger charge is 2.13. The van der Waals surface area contributed by atoms with Crippen molar-refractivity contribution < 1.29 is 8.42 Å². The SMILES string of the molecule is NS(=O)(=O)c1ccc(NCC2CCCN2)nc1. The molecule has 17 heavy (non-hydrogen) atoms. The summed E-state index contributed by atoms with van der Waals surface area (Å²) in [6, 6.07) is 3.54. The molecule has 0 aliphatic carbocycles. The van der Waals surface area contributed by atoms with E-state index in [4.69, 9.17) is 5.14 Å². The van der Waals surface area contributed by atoms with Crippen LogP contribution in [0, 0.1) is 0 Å². The second-order valence-electron chi connectivity index (χ2n) is 4.10. The molecule has 1 aliphatic rings. The molecule has 0 bridgehead atoms. The average Bonchev–Trinajstić information content (AvgIpc) is 2.78. The first-order chi connectivity index (χ1) is 8.05. The first-order valence-electron chi connectivity index (χ1n) is 5.52. The highest BCUT2D eigenvalue weighted by Crippen LogP contribution is 2.10. The van der Waals surface area contributed by atoms with E-state index in [2.05, 4.69) is 15.6 Å². The van der Waals surface area contributed by atoms with Crippen molar-refractivity contribution in [3.8, 4) is 0 Å². The molecular formula is C10H16N4O2S. The Hall–Kier alpha value is -1.18. The van der Waals surface area contributed by atoms with Crippen molar-refractivity contribution in [2.45, 2.75) is 23.8 Å². The lowest BCUT2D eigenvalue weighted by atomic mass is 10.2. The number of nitrogens with zero attached hydrogens (tertiary/aromatic N) is 1. The summed E-state index contributed by atoms with van der Waals surface area (Å²) in [5.74, 6) is 0.658. The summed E-state index contributed by atoms with van der Waals surface area (Å²) in [5.41, 5.74) is 0. The van der Waals surface area contributed by atoms with E-state index in [1.807, 2.05) is 0 Å². The lowest BCUT2D eigenvalue weighted by Gasteiger charge is -2.11. The molecule has 4 N–H and O–H groups in total. The maximum Gasteiger partial charge on any atom is 0.239 e. The molecule has 1 unspecified atom stereocenters. The fraction of sp³-hybridized carbons (Fsp3) is 0.500. The Morgan fingerprint density at radius 1 is 1.53 bits per heavy atom. The maximum atomic E-state index is 11.0. The molecule has 94 valence electrons. The largest absolute Gasteiger partial charge is 0.369 e. The summed E-state index contributed by atoms with van der Waals surface area (Å²) in [5, 5.41) is 11.5. The van der Waals surface area contributed by atoms with Crippen molar-refractivity contribution in [3.05, 3.63) is 18.3 Å². The Balaban J connectivity index is 1.94. The third-order valence-corrected chi connectivity index (χ3v) is 3.66. The van der Waals surface area contributed by atoms with Gasteiger partial charge in [0, 0.05) is 18.8 Å². The fourth-order valence-electron chi connectivity index (χ4n) is 1.81. The Morgan fingerprint density at radius 3 is 2.88 bits per heavy atom. The summed E-state index contributed by atoms with van der Waals surface area (Å²) in [6.45, 7) is 1.85. The zero-order valence-corrected chi connectivity index (χ0v) is 10.2. The minimum absolute atomic E-state index is 0.0297. The molecule has 1 aromatic rings. The van der Waals surface area contributed by atoms with Crippen LogP contribution in [0.3, 0.4) is 0 Å². The monoisotopic (exact) mass is 256 g/mol. The van der Waals surface area contributed by atoms with E-state index in [0.29, 0.717) is 11.9 Å². The number of aromatic nitrogens is 1. The standard InChI is InChI=1S/C10H16N4O2S/c11-17(15,16)9-3-4-10(14-7-9)13-6-8-2-1-5-12-8/h3-4,7-8,12H,1-2,5-6H2,(H,13,14)(H2,11,15,16). The van der Waals surface area contributed by atoms with Gasteiger partial charge in [0.25, 0.3) is 0 Å². The maximum absolute atomic E-state index is 11.0. The Labute approximate surface area is 101 Å². The van der Waals surface area contributed by atoms with E-state index in [9.17, 15) is 8.42 Å². The molecule has 2 rings (SSSR count). The van der Waals surface area contributed by atoms with Crippen LogP contribution in [0.4, 0.5) is 5.82 Å². The van der Waals surface area contributed by atoms with Gasteiger partial charge in [-0.15, -0.1) is 0 Å². The first-order valence-corrected chi connectivity index (χ1v) is 7.06. The van der Waals surface area contributed by atoms with Crippen LogP contribution in [0.2, 0.25) is 0 Å². The highest BCUT2D eigenvalue weighted by molar-refractivity contribution is 7.89.